The van der Waals surface area contributed by atoms with Crippen LogP contribution in [0.2, 0.25) is 0 Å². The third kappa shape index (κ3) is 0.607. The molecule has 0 aromatic carbocycles. The lowest BCUT2D eigenvalue weighted by molar-refractivity contribution is -0.137. The Kier molecular flexibility index (Phi) is 0.817. The fraction of sp³-hybridized carbons (Fsp3) is 0.250. The number of halogens is 1. The SMILES string of the molecule is O=C1OCC=C1F. The zero-order chi connectivity index (χ0) is 5.28. The second-order valence-corrected chi connectivity index (χ2v) is 1.15. The van der Waals surface area contributed by atoms with E-state index in [-0.39, 0.29) is 6.61 Å². The molecule has 0 atom stereocenters. The van der Waals surface area contributed by atoms with E-state index in [0.717, 1.165) is 6.08 Å². The van der Waals surface area contributed by atoms with Crippen LogP contribution in [-0.2, 0) is 9.53 Å². The van der Waals surface area contributed by atoms with Crippen molar-refractivity contribution in [2.45, 2.75) is 0 Å². The minimum atomic E-state index is -0.847. The fourth-order valence-electron chi connectivity index (χ4n) is 0.343. The van der Waals surface area contributed by atoms with Crippen LogP contribution in [0.25, 0.3) is 0 Å². The lowest BCUT2D eigenvalue weighted by Gasteiger charge is -1.83. The lowest BCUT2D eigenvalue weighted by Crippen LogP contribution is -1.93. The second-order valence-electron chi connectivity index (χ2n) is 1.15. The first-order valence-electron chi connectivity index (χ1n) is 1.83. The first-order chi connectivity index (χ1) is 3.30. The Morgan fingerprint density at radius 3 is 2.71 bits per heavy atom. The average molecular weight is 102 g/mol. The van der Waals surface area contributed by atoms with Gasteiger partial charge in [0.2, 0.25) is 5.83 Å². The first kappa shape index (κ1) is 4.30. The van der Waals surface area contributed by atoms with Crippen LogP contribution in [-0.4, -0.2) is 12.6 Å². The van der Waals surface area contributed by atoms with Crippen molar-refractivity contribution in [3.05, 3.63) is 11.9 Å². The van der Waals surface area contributed by atoms with Gasteiger partial charge in [0, 0.05) is 0 Å². The second kappa shape index (κ2) is 1.33. The van der Waals surface area contributed by atoms with Crippen molar-refractivity contribution in [2.75, 3.05) is 6.61 Å². The zero-order valence-corrected chi connectivity index (χ0v) is 3.48. The van der Waals surface area contributed by atoms with E-state index in [0.29, 0.717) is 0 Å². The van der Waals surface area contributed by atoms with Gasteiger partial charge in [-0.3, -0.25) is 0 Å². The molecule has 2 nitrogen and oxygen atoms in total. The zero-order valence-electron chi connectivity index (χ0n) is 3.48. The molecular formula is C4H3FO2. The van der Waals surface area contributed by atoms with Crippen molar-refractivity contribution in [3.63, 3.8) is 0 Å². The van der Waals surface area contributed by atoms with Gasteiger partial charge in [0.25, 0.3) is 0 Å². The number of hydrogen-bond acceptors (Lipinski definition) is 2. The molecule has 0 amide bonds. The molecule has 0 fully saturated rings. The van der Waals surface area contributed by atoms with Crippen LogP contribution in [0.4, 0.5) is 4.39 Å². The third-order valence-electron chi connectivity index (χ3n) is 0.672. The van der Waals surface area contributed by atoms with Crippen LogP contribution in [0.5, 0.6) is 0 Å². The van der Waals surface area contributed by atoms with Crippen molar-refractivity contribution in [2.24, 2.45) is 0 Å². The minimum absolute atomic E-state index is 0.0880. The number of cyclic esters (lactones) is 1. The number of ether oxygens (including phenoxy) is 1. The number of esters is 1. The maximum atomic E-state index is 11.7. The Bertz CT molecular complexity index is 128. The van der Waals surface area contributed by atoms with Crippen molar-refractivity contribution in [1.82, 2.24) is 0 Å². The van der Waals surface area contributed by atoms with E-state index >= 15 is 0 Å². The summed E-state index contributed by atoms with van der Waals surface area (Å²) in [7, 11) is 0. The van der Waals surface area contributed by atoms with E-state index in [1.165, 1.54) is 0 Å². The Labute approximate surface area is 39.6 Å². The summed E-state index contributed by atoms with van der Waals surface area (Å²) in [6, 6.07) is 0. The highest BCUT2D eigenvalue weighted by Gasteiger charge is 2.14. The van der Waals surface area contributed by atoms with E-state index in [1.807, 2.05) is 0 Å². The van der Waals surface area contributed by atoms with Crippen molar-refractivity contribution < 1.29 is 13.9 Å². The largest absolute Gasteiger partial charge is 0.456 e. The molecule has 0 saturated carbocycles. The molecule has 1 aliphatic rings. The Morgan fingerprint density at radius 2 is 2.57 bits per heavy atom. The predicted octanol–water partition coefficient (Wildman–Crippen LogP) is 0.397. The molecule has 0 saturated heterocycles. The van der Waals surface area contributed by atoms with E-state index in [1.54, 1.807) is 0 Å². The van der Waals surface area contributed by atoms with Crippen LogP contribution in [0.1, 0.15) is 0 Å². The predicted molar refractivity (Wildman–Crippen MR) is 20.1 cm³/mol. The summed E-state index contributed by atoms with van der Waals surface area (Å²) in [6.07, 6.45) is 1.10. The van der Waals surface area contributed by atoms with Gasteiger partial charge < -0.3 is 4.74 Å². The fourth-order valence-corrected chi connectivity index (χ4v) is 0.343. The first-order valence-corrected chi connectivity index (χ1v) is 1.83. The van der Waals surface area contributed by atoms with Crippen LogP contribution >= 0.6 is 0 Å². The van der Waals surface area contributed by atoms with Gasteiger partial charge in [-0.1, -0.05) is 0 Å². The number of rotatable bonds is 0. The van der Waals surface area contributed by atoms with Gasteiger partial charge >= 0.3 is 5.97 Å². The van der Waals surface area contributed by atoms with Gasteiger partial charge in [0.05, 0.1) is 0 Å². The van der Waals surface area contributed by atoms with Crippen LogP contribution in [0.15, 0.2) is 11.9 Å². The highest BCUT2D eigenvalue weighted by atomic mass is 19.1. The summed E-state index contributed by atoms with van der Waals surface area (Å²) in [5.74, 6) is -1.62. The summed E-state index contributed by atoms with van der Waals surface area (Å²) in [6.45, 7) is 0.0880. The molecule has 1 heterocycles. The smallest absolute Gasteiger partial charge is 0.367 e. The normalized spacial score (nSPS) is 19.0. The minimum Gasteiger partial charge on any atom is -0.456 e. The molecule has 0 radical (unpaired) electrons. The van der Waals surface area contributed by atoms with Gasteiger partial charge in [-0.2, -0.15) is 4.39 Å². The summed E-state index contributed by atoms with van der Waals surface area (Å²) in [5.41, 5.74) is 0. The van der Waals surface area contributed by atoms with Crippen molar-refractivity contribution >= 4 is 5.97 Å². The molecule has 3 heteroatoms. The van der Waals surface area contributed by atoms with E-state index in [4.69, 9.17) is 0 Å². The molecule has 0 aromatic heterocycles. The molecule has 0 aliphatic carbocycles. The van der Waals surface area contributed by atoms with E-state index in [9.17, 15) is 9.18 Å². The average Bonchev–Trinajstić information content (AvgIpc) is 1.91. The molecule has 1 aliphatic heterocycles. The van der Waals surface area contributed by atoms with Gasteiger partial charge in [0.1, 0.15) is 6.61 Å². The van der Waals surface area contributed by atoms with Gasteiger partial charge in [-0.05, 0) is 6.08 Å². The molecular weight excluding hydrogens is 99.0 g/mol. The summed E-state index contributed by atoms with van der Waals surface area (Å²) < 4.78 is 15.9. The standard InChI is InChI=1S/C4H3FO2/c5-3-1-2-7-4(3)6/h1H,2H2. The van der Waals surface area contributed by atoms with Crippen molar-refractivity contribution in [3.8, 4) is 0 Å². The summed E-state index contributed by atoms with van der Waals surface area (Å²) in [5, 5.41) is 0. The highest BCUT2D eigenvalue weighted by Crippen LogP contribution is 2.05. The van der Waals surface area contributed by atoms with Crippen molar-refractivity contribution in [1.29, 1.82) is 0 Å². The number of carbonyl (C=O) groups excluding carboxylic acids is 1. The molecule has 0 aromatic rings. The van der Waals surface area contributed by atoms with Crippen LogP contribution in [0.3, 0.4) is 0 Å². The van der Waals surface area contributed by atoms with Crippen LogP contribution < -0.4 is 0 Å². The quantitative estimate of drug-likeness (QED) is 0.414. The van der Waals surface area contributed by atoms with E-state index in [2.05, 4.69) is 4.74 Å². The summed E-state index contributed by atoms with van der Waals surface area (Å²) in [4.78, 5) is 9.91. The number of hydrogen-bond donors (Lipinski definition) is 0. The molecule has 7 heavy (non-hydrogen) atoms. The lowest BCUT2D eigenvalue weighted by atomic mass is 10.5. The third-order valence-corrected chi connectivity index (χ3v) is 0.672. The maximum absolute atomic E-state index is 11.7. The van der Waals surface area contributed by atoms with Gasteiger partial charge in [-0.25, -0.2) is 4.79 Å². The Morgan fingerprint density at radius 1 is 1.86 bits per heavy atom. The molecule has 0 spiro atoms. The Hall–Kier alpha value is -0.860. The van der Waals surface area contributed by atoms with Gasteiger partial charge in [-0.15, -0.1) is 0 Å². The van der Waals surface area contributed by atoms with E-state index < -0.39 is 11.8 Å². The highest BCUT2D eigenvalue weighted by molar-refractivity contribution is 5.87. The van der Waals surface area contributed by atoms with Gasteiger partial charge in [0.15, 0.2) is 0 Å². The van der Waals surface area contributed by atoms with Crippen LogP contribution in [0, 0.1) is 0 Å². The topological polar surface area (TPSA) is 26.3 Å². The number of carbonyl (C=O) groups is 1. The molecule has 1 rings (SSSR count). The maximum Gasteiger partial charge on any atom is 0.367 e. The molecule has 38 valence electrons. The molecule has 0 bridgehead atoms. The molecule has 0 unspecified atom stereocenters. The molecule has 0 N–H and O–H groups in total. The monoisotopic (exact) mass is 102 g/mol. The Balaban J connectivity index is 2.72. The summed E-state index contributed by atoms with van der Waals surface area (Å²) >= 11 is 0.